The summed E-state index contributed by atoms with van der Waals surface area (Å²) in [5.74, 6) is 0.966. The summed E-state index contributed by atoms with van der Waals surface area (Å²) in [4.78, 5) is 0. The van der Waals surface area contributed by atoms with Crippen LogP contribution in [-0.2, 0) is 0 Å². The molecule has 0 amide bonds. The number of benzene rings is 2. The van der Waals surface area contributed by atoms with Gasteiger partial charge >= 0.3 is 0 Å². The van der Waals surface area contributed by atoms with Crippen LogP contribution in [0.3, 0.4) is 0 Å². The van der Waals surface area contributed by atoms with Crippen molar-refractivity contribution in [3.63, 3.8) is 0 Å². The van der Waals surface area contributed by atoms with Gasteiger partial charge in [-0.25, -0.2) is 10.9 Å². The molecular weight excluding hydrogens is 284 g/mol. The van der Waals surface area contributed by atoms with Crippen molar-refractivity contribution >= 4 is 22.6 Å². The third kappa shape index (κ3) is 2.44. The molecule has 2 aromatic carbocycles. The van der Waals surface area contributed by atoms with E-state index in [4.69, 9.17) is 16.0 Å². The number of para-hydroxylation sites is 1. The van der Waals surface area contributed by atoms with Crippen molar-refractivity contribution in [2.75, 3.05) is 0 Å². The van der Waals surface area contributed by atoms with Crippen molar-refractivity contribution in [3.8, 4) is 0 Å². The molecule has 0 saturated carbocycles. The Bertz CT molecular complexity index is 750. The van der Waals surface area contributed by atoms with E-state index in [1.165, 1.54) is 5.56 Å². The third-order valence-corrected chi connectivity index (χ3v) is 4.18. The predicted molar refractivity (Wildman–Crippen MR) is 84.0 cm³/mol. The van der Waals surface area contributed by atoms with E-state index in [1.54, 1.807) is 0 Å². The Morgan fingerprint density at radius 1 is 0.952 bits per heavy atom. The maximum atomic E-state index is 6.06. The number of fused-ring (bicyclic) bond motifs is 1. The Hall–Kier alpha value is -1.81. The second-order valence-electron chi connectivity index (χ2n) is 5.37. The van der Waals surface area contributed by atoms with Crippen molar-refractivity contribution < 1.29 is 4.42 Å². The van der Waals surface area contributed by atoms with Crippen LogP contribution < -0.4 is 10.9 Å². The molecule has 2 atom stereocenters. The molecule has 106 valence electrons. The monoisotopic (exact) mass is 298 g/mol. The molecule has 1 aliphatic rings. The first-order valence-electron chi connectivity index (χ1n) is 7.04. The lowest BCUT2D eigenvalue weighted by Crippen LogP contribution is -2.26. The summed E-state index contributed by atoms with van der Waals surface area (Å²) >= 11 is 6.06. The summed E-state index contributed by atoms with van der Waals surface area (Å²) in [6, 6.07) is 18.6. The van der Waals surface area contributed by atoms with Crippen molar-refractivity contribution in [2.24, 2.45) is 0 Å². The van der Waals surface area contributed by atoms with E-state index in [9.17, 15) is 0 Å². The Morgan fingerprint density at radius 3 is 2.67 bits per heavy atom. The molecule has 0 radical (unpaired) electrons. The first-order valence-corrected chi connectivity index (χ1v) is 7.42. The van der Waals surface area contributed by atoms with Crippen molar-refractivity contribution in [1.29, 1.82) is 0 Å². The fraction of sp³-hybridized carbons (Fsp3) is 0.176. The molecule has 21 heavy (non-hydrogen) atoms. The zero-order valence-electron chi connectivity index (χ0n) is 11.3. The largest absolute Gasteiger partial charge is 0.459 e. The Morgan fingerprint density at radius 2 is 1.81 bits per heavy atom. The van der Waals surface area contributed by atoms with Crippen LogP contribution in [0.1, 0.15) is 29.8 Å². The number of rotatable bonds is 2. The molecule has 2 N–H and O–H groups in total. The van der Waals surface area contributed by atoms with E-state index in [1.807, 2.05) is 36.4 Å². The minimum Gasteiger partial charge on any atom is -0.459 e. The van der Waals surface area contributed by atoms with Crippen LogP contribution in [0.25, 0.3) is 11.0 Å². The van der Waals surface area contributed by atoms with E-state index in [-0.39, 0.29) is 12.1 Å². The van der Waals surface area contributed by atoms with Gasteiger partial charge in [0, 0.05) is 16.5 Å². The van der Waals surface area contributed by atoms with Gasteiger partial charge in [-0.2, -0.15) is 0 Å². The van der Waals surface area contributed by atoms with Gasteiger partial charge in [0.15, 0.2) is 0 Å². The molecule has 2 unspecified atom stereocenters. The molecule has 1 aliphatic heterocycles. The van der Waals surface area contributed by atoms with Crippen molar-refractivity contribution in [1.82, 2.24) is 10.9 Å². The summed E-state index contributed by atoms with van der Waals surface area (Å²) < 4.78 is 5.93. The van der Waals surface area contributed by atoms with Gasteiger partial charge in [0.05, 0.1) is 6.04 Å². The molecule has 1 fully saturated rings. The third-order valence-electron chi connectivity index (χ3n) is 3.94. The Kier molecular flexibility index (Phi) is 3.19. The standard InChI is InChI=1S/C17H15ClN2O/c18-13-6-3-5-11(8-13)14-10-15(20-19-14)17-9-12-4-1-2-7-16(12)21-17/h1-9,14-15,19-20H,10H2. The molecule has 1 saturated heterocycles. The molecule has 2 heterocycles. The number of hydrogen-bond acceptors (Lipinski definition) is 3. The van der Waals surface area contributed by atoms with Gasteiger partial charge in [0.1, 0.15) is 11.3 Å². The Labute approximate surface area is 127 Å². The van der Waals surface area contributed by atoms with Crippen LogP contribution in [0.15, 0.2) is 59.0 Å². The summed E-state index contributed by atoms with van der Waals surface area (Å²) in [5, 5.41) is 1.90. The minimum absolute atomic E-state index is 0.168. The number of hydrazine groups is 1. The van der Waals surface area contributed by atoms with E-state index in [0.29, 0.717) is 0 Å². The minimum atomic E-state index is 0.168. The second-order valence-corrected chi connectivity index (χ2v) is 5.81. The quantitative estimate of drug-likeness (QED) is 0.738. The smallest absolute Gasteiger partial charge is 0.134 e. The normalized spacial score (nSPS) is 22.0. The lowest BCUT2D eigenvalue weighted by molar-refractivity contribution is 0.455. The SMILES string of the molecule is Clc1cccc(C2CC(c3cc4ccccc4o3)NN2)c1. The van der Waals surface area contributed by atoms with Gasteiger partial charge in [0.2, 0.25) is 0 Å². The molecule has 4 rings (SSSR count). The van der Waals surface area contributed by atoms with E-state index >= 15 is 0 Å². The van der Waals surface area contributed by atoms with Crippen LogP contribution in [-0.4, -0.2) is 0 Å². The maximum absolute atomic E-state index is 6.06. The van der Waals surface area contributed by atoms with Crippen molar-refractivity contribution in [3.05, 3.63) is 70.9 Å². The molecular formula is C17H15ClN2O. The van der Waals surface area contributed by atoms with Gasteiger partial charge in [0.25, 0.3) is 0 Å². The second kappa shape index (κ2) is 5.19. The van der Waals surface area contributed by atoms with Crippen LogP contribution >= 0.6 is 11.6 Å². The molecule has 0 spiro atoms. The highest BCUT2D eigenvalue weighted by atomic mass is 35.5. The molecule has 0 bridgehead atoms. The fourth-order valence-corrected chi connectivity index (χ4v) is 3.06. The number of halogens is 1. The molecule has 3 aromatic rings. The lowest BCUT2D eigenvalue weighted by atomic mass is 10.0. The summed E-state index contributed by atoms with van der Waals surface area (Å²) in [5.41, 5.74) is 8.76. The molecule has 1 aromatic heterocycles. The number of furan rings is 1. The van der Waals surface area contributed by atoms with Gasteiger partial charge in [-0.05, 0) is 36.2 Å². The predicted octanol–water partition coefficient (Wildman–Crippen LogP) is 4.37. The van der Waals surface area contributed by atoms with Crippen molar-refractivity contribution in [2.45, 2.75) is 18.5 Å². The van der Waals surface area contributed by atoms with Crippen LogP contribution in [0.4, 0.5) is 0 Å². The maximum Gasteiger partial charge on any atom is 0.134 e. The summed E-state index contributed by atoms with van der Waals surface area (Å²) in [7, 11) is 0. The van der Waals surface area contributed by atoms with E-state index in [0.717, 1.165) is 28.2 Å². The fourth-order valence-electron chi connectivity index (χ4n) is 2.86. The lowest BCUT2D eigenvalue weighted by Gasteiger charge is -2.09. The van der Waals surface area contributed by atoms with Gasteiger partial charge in [-0.1, -0.05) is 41.9 Å². The highest BCUT2D eigenvalue weighted by Crippen LogP contribution is 2.34. The van der Waals surface area contributed by atoms with Crippen LogP contribution in [0, 0.1) is 0 Å². The highest BCUT2D eigenvalue weighted by molar-refractivity contribution is 6.30. The van der Waals surface area contributed by atoms with E-state index < -0.39 is 0 Å². The number of nitrogens with one attached hydrogen (secondary N) is 2. The van der Waals surface area contributed by atoms with Gasteiger partial charge in [-0.15, -0.1) is 0 Å². The van der Waals surface area contributed by atoms with Gasteiger partial charge in [-0.3, -0.25) is 0 Å². The zero-order valence-corrected chi connectivity index (χ0v) is 12.1. The van der Waals surface area contributed by atoms with Crippen LogP contribution in [0.2, 0.25) is 5.02 Å². The Balaban J connectivity index is 1.58. The molecule has 0 aliphatic carbocycles. The van der Waals surface area contributed by atoms with Gasteiger partial charge < -0.3 is 4.42 Å². The zero-order chi connectivity index (χ0) is 14.2. The first kappa shape index (κ1) is 12.9. The van der Waals surface area contributed by atoms with E-state index in [2.05, 4.69) is 29.1 Å². The summed E-state index contributed by atoms with van der Waals surface area (Å²) in [6.07, 6.45) is 0.931. The molecule has 3 nitrogen and oxygen atoms in total. The number of hydrogen-bond donors (Lipinski definition) is 2. The summed E-state index contributed by atoms with van der Waals surface area (Å²) in [6.45, 7) is 0. The van der Waals surface area contributed by atoms with Crippen LogP contribution in [0.5, 0.6) is 0 Å². The highest BCUT2D eigenvalue weighted by Gasteiger charge is 2.28. The first-order chi connectivity index (χ1) is 10.3. The topological polar surface area (TPSA) is 37.2 Å². The average molecular weight is 299 g/mol. The molecule has 4 heteroatoms. The average Bonchev–Trinajstić information content (AvgIpc) is 3.14.